The predicted octanol–water partition coefficient (Wildman–Crippen LogP) is 1.29. The third-order valence-corrected chi connectivity index (χ3v) is 2.26. The molecule has 0 aromatic carbocycles. The normalized spacial score (nSPS) is 15.1. The second-order valence-corrected chi connectivity index (χ2v) is 3.40. The van der Waals surface area contributed by atoms with Crippen LogP contribution in [0.5, 0.6) is 0 Å². The van der Waals surface area contributed by atoms with Crippen molar-refractivity contribution in [3.05, 3.63) is 0 Å². The van der Waals surface area contributed by atoms with Gasteiger partial charge in [0.05, 0.1) is 6.04 Å². The molecule has 0 saturated carbocycles. The van der Waals surface area contributed by atoms with E-state index in [0.717, 1.165) is 19.3 Å². The van der Waals surface area contributed by atoms with E-state index < -0.39 is 0 Å². The van der Waals surface area contributed by atoms with Gasteiger partial charge in [0.15, 0.2) is 0 Å². The first-order chi connectivity index (χ1) is 6.15. The maximum atomic E-state index is 11.2. The molecular weight excluding hydrogens is 164 g/mol. The molecule has 1 unspecified atom stereocenters. The standard InChI is InChI=1S/C10H22N2O/c1-5-7-9(6-2)12-8(3)10(13)11-4/h8-9,12H,5-7H2,1-4H3,(H,11,13)/t8-,9?/m1/s1. The van der Waals surface area contributed by atoms with Crippen molar-refractivity contribution in [3.63, 3.8) is 0 Å². The van der Waals surface area contributed by atoms with E-state index in [0.29, 0.717) is 6.04 Å². The molecule has 0 aliphatic carbocycles. The Balaban J connectivity index is 3.85. The third kappa shape index (κ3) is 4.88. The van der Waals surface area contributed by atoms with Crippen LogP contribution in [0.2, 0.25) is 0 Å². The molecule has 3 nitrogen and oxygen atoms in total. The van der Waals surface area contributed by atoms with Crippen molar-refractivity contribution in [2.24, 2.45) is 0 Å². The number of amides is 1. The number of rotatable bonds is 6. The largest absolute Gasteiger partial charge is 0.358 e. The van der Waals surface area contributed by atoms with Crippen LogP contribution in [0.25, 0.3) is 0 Å². The Kier molecular flexibility index (Phi) is 6.59. The van der Waals surface area contributed by atoms with Crippen LogP contribution in [0, 0.1) is 0 Å². The highest BCUT2D eigenvalue weighted by molar-refractivity contribution is 5.80. The van der Waals surface area contributed by atoms with Gasteiger partial charge in [-0.2, -0.15) is 0 Å². The summed E-state index contributed by atoms with van der Waals surface area (Å²) >= 11 is 0. The van der Waals surface area contributed by atoms with Crippen LogP contribution in [-0.4, -0.2) is 25.0 Å². The highest BCUT2D eigenvalue weighted by atomic mass is 16.2. The highest BCUT2D eigenvalue weighted by Crippen LogP contribution is 2.02. The lowest BCUT2D eigenvalue weighted by atomic mass is 10.1. The van der Waals surface area contributed by atoms with Crippen molar-refractivity contribution in [1.82, 2.24) is 10.6 Å². The number of nitrogens with one attached hydrogen (secondary N) is 2. The van der Waals surface area contributed by atoms with Crippen LogP contribution in [0.15, 0.2) is 0 Å². The average molecular weight is 186 g/mol. The van der Waals surface area contributed by atoms with Gasteiger partial charge in [-0.05, 0) is 19.8 Å². The second-order valence-electron chi connectivity index (χ2n) is 3.40. The summed E-state index contributed by atoms with van der Waals surface area (Å²) in [4.78, 5) is 11.2. The number of likely N-dealkylation sites (N-methyl/N-ethyl adjacent to an activating group) is 1. The Bertz CT molecular complexity index is 148. The molecule has 0 radical (unpaired) electrons. The summed E-state index contributed by atoms with van der Waals surface area (Å²) in [6.45, 7) is 6.20. The Morgan fingerprint density at radius 1 is 1.38 bits per heavy atom. The van der Waals surface area contributed by atoms with Crippen molar-refractivity contribution in [2.45, 2.75) is 52.1 Å². The molecule has 0 saturated heterocycles. The van der Waals surface area contributed by atoms with E-state index in [2.05, 4.69) is 24.5 Å². The molecular formula is C10H22N2O. The molecule has 0 bridgehead atoms. The van der Waals surface area contributed by atoms with Crippen molar-refractivity contribution in [2.75, 3.05) is 7.05 Å². The van der Waals surface area contributed by atoms with Crippen LogP contribution in [-0.2, 0) is 4.79 Å². The lowest BCUT2D eigenvalue weighted by Gasteiger charge is -2.20. The van der Waals surface area contributed by atoms with Crippen LogP contribution in [0.1, 0.15) is 40.0 Å². The maximum Gasteiger partial charge on any atom is 0.236 e. The van der Waals surface area contributed by atoms with E-state index in [9.17, 15) is 4.79 Å². The lowest BCUT2D eigenvalue weighted by molar-refractivity contribution is -0.122. The van der Waals surface area contributed by atoms with Crippen LogP contribution in [0.3, 0.4) is 0 Å². The monoisotopic (exact) mass is 186 g/mol. The van der Waals surface area contributed by atoms with Gasteiger partial charge in [0.2, 0.25) is 5.91 Å². The van der Waals surface area contributed by atoms with E-state index in [-0.39, 0.29) is 11.9 Å². The van der Waals surface area contributed by atoms with E-state index in [1.807, 2.05) is 6.92 Å². The second kappa shape index (κ2) is 6.89. The van der Waals surface area contributed by atoms with Gasteiger partial charge in [0, 0.05) is 13.1 Å². The quantitative estimate of drug-likeness (QED) is 0.656. The number of hydrogen-bond donors (Lipinski definition) is 2. The minimum atomic E-state index is -0.0819. The fourth-order valence-corrected chi connectivity index (χ4v) is 1.40. The Morgan fingerprint density at radius 3 is 2.38 bits per heavy atom. The molecule has 0 aromatic heterocycles. The van der Waals surface area contributed by atoms with Crippen LogP contribution >= 0.6 is 0 Å². The SMILES string of the molecule is CCCC(CC)N[C@H](C)C(=O)NC. The summed E-state index contributed by atoms with van der Waals surface area (Å²) in [5, 5.41) is 5.94. The molecule has 2 N–H and O–H groups in total. The molecule has 0 aromatic rings. The summed E-state index contributed by atoms with van der Waals surface area (Å²) in [6.07, 6.45) is 3.37. The zero-order valence-electron chi connectivity index (χ0n) is 9.18. The number of hydrogen-bond acceptors (Lipinski definition) is 2. The Labute approximate surface area is 81.3 Å². The summed E-state index contributed by atoms with van der Waals surface area (Å²) in [5.74, 6) is 0.0644. The fraction of sp³-hybridized carbons (Fsp3) is 0.900. The minimum Gasteiger partial charge on any atom is -0.358 e. The maximum absolute atomic E-state index is 11.2. The van der Waals surface area contributed by atoms with Gasteiger partial charge in [-0.25, -0.2) is 0 Å². The fourth-order valence-electron chi connectivity index (χ4n) is 1.40. The summed E-state index contributed by atoms with van der Waals surface area (Å²) in [5.41, 5.74) is 0. The molecule has 0 spiro atoms. The lowest BCUT2D eigenvalue weighted by Crippen LogP contribution is -2.45. The molecule has 0 rings (SSSR count). The Hall–Kier alpha value is -0.570. The molecule has 78 valence electrons. The molecule has 2 atom stereocenters. The van der Waals surface area contributed by atoms with Crippen molar-refractivity contribution >= 4 is 5.91 Å². The van der Waals surface area contributed by atoms with E-state index in [1.165, 1.54) is 0 Å². The van der Waals surface area contributed by atoms with Crippen molar-refractivity contribution < 1.29 is 4.79 Å². The van der Waals surface area contributed by atoms with Crippen LogP contribution < -0.4 is 10.6 Å². The molecule has 13 heavy (non-hydrogen) atoms. The van der Waals surface area contributed by atoms with Crippen molar-refractivity contribution in [1.29, 1.82) is 0 Å². The van der Waals surface area contributed by atoms with E-state index >= 15 is 0 Å². The van der Waals surface area contributed by atoms with Gasteiger partial charge < -0.3 is 10.6 Å². The van der Waals surface area contributed by atoms with Crippen molar-refractivity contribution in [3.8, 4) is 0 Å². The van der Waals surface area contributed by atoms with Gasteiger partial charge in [0.25, 0.3) is 0 Å². The Morgan fingerprint density at radius 2 is 2.00 bits per heavy atom. The topological polar surface area (TPSA) is 41.1 Å². The minimum absolute atomic E-state index is 0.0644. The van der Waals surface area contributed by atoms with Crippen LogP contribution in [0.4, 0.5) is 0 Å². The van der Waals surface area contributed by atoms with Gasteiger partial charge in [-0.3, -0.25) is 4.79 Å². The first-order valence-corrected chi connectivity index (χ1v) is 5.13. The third-order valence-electron chi connectivity index (χ3n) is 2.26. The van der Waals surface area contributed by atoms with Gasteiger partial charge in [-0.1, -0.05) is 20.3 Å². The number of carbonyl (C=O) groups excluding carboxylic acids is 1. The molecule has 0 aliphatic heterocycles. The highest BCUT2D eigenvalue weighted by Gasteiger charge is 2.14. The summed E-state index contributed by atoms with van der Waals surface area (Å²) in [6, 6.07) is 0.388. The van der Waals surface area contributed by atoms with Gasteiger partial charge in [-0.15, -0.1) is 0 Å². The van der Waals surface area contributed by atoms with Gasteiger partial charge >= 0.3 is 0 Å². The predicted molar refractivity (Wildman–Crippen MR) is 55.7 cm³/mol. The van der Waals surface area contributed by atoms with E-state index in [1.54, 1.807) is 7.05 Å². The zero-order valence-corrected chi connectivity index (χ0v) is 9.18. The smallest absolute Gasteiger partial charge is 0.236 e. The zero-order chi connectivity index (χ0) is 10.3. The first-order valence-electron chi connectivity index (χ1n) is 5.13. The molecule has 0 aliphatic rings. The van der Waals surface area contributed by atoms with Gasteiger partial charge in [0.1, 0.15) is 0 Å². The molecule has 3 heteroatoms. The summed E-state index contributed by atoms with van der Waals surface area (Å²) < 4.78 is 0. The molecule has 0 fully saturated rings. The number of carbonyl (C=O) groups is 1. The average Bonchev–Trinajstić information content (AvgIpc) is 2.15. The summed E-state index contributed by atoms with van der Waals surface area (Å²) in [7, 11) is 1.67. The molecule has 1 amide bonds. The molecule has 0 heterocycles. The van der Waals surface area contributed by atoms with E-state index in [4.69, 9.17) is 0 Å². The first kappa shape index (κ1) is 12.4.